The maximum Gasteiger partial charge on any atom is 0.0963 e. The van der Waals surface area contributed by atoms with Crippen molar-refractivity contribution < 1.29 is 0 Å². The van der Waals surface area contributed by atoms with Crippen molar-refractivity contribution in [3.63, 3.8) is 0 Å². The van der Waals surface area contributed by atoms with E-state index in [1.54, 1.807) is 0 Å². The second-order valence-electron chi connectivity index (χ2n) is 7.70. The number of aromatic nitrogens is 2. The second-order valence-corrected chi connectivity index (χ2v) is 8.79. The number of thiophene rings is 1. The number of hydrogen-bond donors (Lipinski definition) is 0. The van der Waals surface area contributed by atoms with E-state index in [2.05, 4.69) is 89.5 Å². The lowest BCUT2D eigenvalue weighted by Crippen LogP contribution is -1.93. The van der Waals surface area contributed by atoms with E-state index in [0.29, 0.717) is 0 Å². The van der Waals surface area contributed by atoms with E-state index < -0.39 is 0 Å². The summed E-state index contributed by atoms with van der Waals surface area (Å²) in [6, 6.07) is 32.7. The van der Waals surface area contributed by atoms with E-state index in [9.17, 15) is 0 Å². The molecule has 0 atom stereocenters. The maximum absolute atomic E-state index is 4.77. The smallest absolute Gasteiger partial charge is 0.0963 e. The van der Waals surface area contributed by atoms with Crippen molar-refractivity contribution in [1.29, 1.82) is 0 Å². The van der Waals surface area contributed by atoms with Gasteiger partial charge in [-0.15, -0.1) is 11.3 Å². The Morgan fingerprint density at radius 1 is 0.600 bits per heavy atom. The topological polar surface area (TPSA) is 17.8 Å². The van der Waals surface area contributed by atoms with Crippen LogP contribution in [0.2, 0.25) is 0 Å². The molecule has 0 aliphatic heterocycles. The summed E-state index contributed by atoms with van der Waals surface area (Å²) >= 11 is 1.86. The molecule has 3 heterocycles. The summed E-state index contributed by atoms with van der Waals surface area (Å²) in [7, 11) is 0. The van der Waals surface area contributed by atoms with Gasteiger partial charge in [-0.05, 0) is 53.2 Å². The summed E-state index contributed by atoms with van der Waals surface area (Å²) in [4.78, 5) is 4.77. The first kappa shape index (κ1) is 16.1. The van der Waals surface area contributed by atoms with Crippen molar-refractivity contribution in [3.05, 3.63) is 97.2 Å². The molecule has 4 aromatic carbocycles. The average molecular weight is 401 g/mol. The quantitative estimate of drug-likeness (QED) is 0.276. The van der Waals surface area contributed by atoms with E-state index in [1.165, 1.54) is 47.5 Å². The van der Waals surface area contributed by atoms with Crippen LogP contribution in [-0.4, -0.2) is 9.55 Å². The van der Waals surface area contributed by atoms with E-state index in [0.717, 1.165) is 11.0 Å². The van der Waals surface area contributed by atoms with Gasteiger partial charge in [0.1, 0.15) is 0 Å². The van der Waals surface area contributed by atoms with Crippen LogP contribution in [0, 0.1) is 0 Å². The van der Waals surface area contributed by atoms with Gasteiger partial charge in [0.25, 0.3) is 0 Å². The van der Waals surface area contributed by atoms with Crippen LogP contribution >= 0.6 is 11.3 Å². The molecule has 0 amide bonds. The lowest BCUT2D eigenvalue weighted by atomic mass is 10.1. The molecule has 140 valence electrons. The van der Waals surface area contributed by atoms with E-state index in [-0.39, 0.29) is 0 Å². The fourth-order valence-corrected chi connectivity index (χ4v) is 5.76. The highest BCUT2D eigenvalue weighted by molar-refractivity contribution is 7.25. The molecule has 7 aromatic rings. The zero-order valence-electron chi connectivity index (χ0n) is 16.0. The van der Waals surface area contributed by atoms with Gasteiger partial charge in [-0.25, -0.2) is 0 Å². The molecule has 7 rings (SSSR count). The summed E-state index contributed by atoms with van der Waals surface area (Å²) in [5.41, 5.74) is 4.57. The molecule has 2 nitrogen and oxygen atoms in total. The van der Waals surface area contributed by atoms with Crippen molar-refractivity contribution in [3.8, 4) is 5.69 Å². The number of rotatable bonds is 1. The average Bonchev–Trinajstić information content (AvgIpc) is 3.32. The third kappa shape index (κ3) is 2.15. The summed E-state index contributed by atoms with van der Waals surface area (Å²) < 4.78 is 5.00. The van der Waals surface area contributed by atoms with Crippen LogP contribution in [0.3, 0.4) is 0 Å². The fraction of sp³-hybridized carbons (Fsp3) is 0. The molecule has 3 heteroatoms. The van der Waals surface area contributed by atoms with E-state index >= 15 is 0 Å². The van der Waals surface area contributed by atoms with Crippen LogP contribution in [0.1, 0.15) is 0 Å². The third-order valence-electron chi connectivity index (χ3n) is 6.01. The first-order valence-corrected chi connectivity index (χ1v) is 10.9. The van der Waals surface area contributed by atoms with Gasteiger partial charge in [-0.3, -0.25) is 4.98 Å². The molecule has 0 aliphatic carbocycles. The summed E-state index contributed by atoms with van der Waals surface area (Å²) in [6.07, 6.45) is 1.89. The van der Waals surface area contributed by atoms with Gasteiger partial charge in [-0.2, -0.15) is 0 Å². The molecular weight excluding hydrogens is 384 g/mol. The van der Waals surface area contributed by atoms with Crippen molar-refractivity contribution in [2.45, 2.75) is 0 Å². The van der Waals surface area contributed by atoms with Crippen molar-refractivity contribution >= 4 is 64.2 Å². The lowest BCUT2D eigenvalue weighted by molar-refractivity contribution is 1.18. The number of nitrogens with zero attached hydrogens (tertiary/aromatic N) is 2. The third-order valence-corrected chi connectivity index (χ3v) is 7.14. The van der Waals surface area contributed by atoms with Crippen molar-refractivity contribution in [1.82, 2.24) is 9.55 Å². The summed E-state index contributed by atoms with van der Waals surface area (Å²) in [6.45, 7) is 0. The predicted octanol–water partition coefficient (Wildman–Crippen LogP) is 7.70. The standard InChI is InChI=1S/C27H16N2S/c1-2-7-18-14-19(12-11-17(18)6-1)29-23-9-5-13-28-27(23)22-15-21-20-8-3-4-10-25(20)30-26(21)16-24(22)29/h1-16H. The van der Waals surface area contributed by atoms with Gasteiger partial charge in [0, 0.05) is 37.4 Å². The molecule has 0 aliphatic rings. The predicted molar refractivity (Wildman–Crippen MR) is 129 cm³/mol. The van der Waals surface area contributed by atoms with Gasteiger partial charge in [0.15, 0.2) is 0 Å². The zero-order chi connectivity index (χ0) is 19.7. The second kappa shape index (κ2) is 5.91. The van der Waals surface area contributed by atoms with Crippen LogP contribution < -0.4 is 0 Å². The Balaban J connectivity index is 1.65. The molecule has 0 fully saturated rings. The Bertz CT molecular complexity index is 1750. The zero-order valence-corrected chi connectivity index (χ0v) is 16.9. The first-order chi connectivity index (χ1) is 14.9. The molecule has 0 bridgehead atoms. The van der Waals surface area contributed by atoms with Crippen molar-refractivity contribution in [2.24, 2.45) is 0 Å². The fourth-order valence-electron chi connectivity index (χ4n) is 4.64. The van der Waals surface area contributed by atoms with Crippen molar-refractivity contribution in [2.75, 3.05) is 0 Å². The van der Waals surface area contributed by atoms with Gasteiger partial charge in [-0.1, -0.05) is 48.5 Å². The van der Waals surface area contributed by atoms with E-state index in [1.807, 2.05) is 23.6 Å². The highest BCUT2D eigenvalue weighted by Gasteiger charge is 2.16. The molecular formula is C27H16N2S. The monoisotopic (exact) mass is 400 g/mol. The minimum Gasteiger partial charge on any atom is -0.308 e. The first-order valence-electron chi connectivity index (χ1n) is 10.1. The normalized spacial score (nSPS) is 12.0. The van der Waals surface area contributed by atoms with Gasteiger partial charge >= 0.3 is 0 Å². The Kier molecular flexibility index (Phi) is 3.18. The Morgan fingerprint density at radius 2 is 1.47 bits per heavy atom. The molecule has 3 aromatic heterocycles. The van der Waals surface area contributed by atoms with Crippen LogP contribution in [0.25, 0.3) is 58.6 Å². The Hall–Kier alpha value is -3.69. The highest BCUT2D eigenvalue weighted by atomic mass is 32.1. The molecule has 0 saturated heterocycles. The minimum absolute atomic E-state index is 1.05. The van der Waals surface area contributed by atoms with Crippen LogP contribution in [0.5, 0.6) is 0 Å². The summed E-state index contributed by atoms with van der Waals surface area (Å²) in [5, 5.41) is 6.34. The Labute approximate surface area is 176 Å². The molecule has 0 N–H and O–H groups in total. The molecule has 0 radical (unpaired) electrons. The Morgan fingerprint density at radius 3 is 2.43 bits per heavy atom. The van der Waals surface area contributed by atoms with Crippen LogP contribution in [0.4, 0.5) is 0 Å². The van der Waals surface area contributed by atoms with E-state index in [4.69, 9.17) is 4.98 Å². The number of pyridine rings is 1. The highest BCUT2D eigenvalue weighted by Crippen LogP contribution is 2.40. The number of hydrogen-bond acceptors (Lipinski definition) is 2. The maximum atomic E-state index is 4.77. The lowest BCUT2D eigenvalue weighted by Gasteiger charge is -2.09. The van der Waals surface area contributed by atoms with Gasteiger partial charge in [0.2, 0.25) is 0 Å². The molecule has 0 spiro atoms. The van der Waals surface area contributed by atoms with Gasteiger partial charge < -0.3 is 4.57 Å². The van der Waals surface area contributed by atoms with Gasteiger partial charge in [0.05, 0.1) is 16.6 Å². The van der Waals surface area contributed by atoms with Crippen LogP contribution in [0.15, 0.2) is 97.2 Å². The molecule has 0 saturated carbocycles. The number of benzene rings is 4. The van der Waals surface area contributed by atoms with Crippen LogP contribution in [-0.2, 0) is 0 Å². The molecule has 30 heavy (non-hydrogen) atoms. The SMILES string of the molecule is c1ccc2cc(-n3c4cc5sc6ccccc6c5cc4c4ncccc43)ccc2c1. The number of fused-ring (bicyclic) bond motifs is 7. The largest absolute Gasteiger partial charge is 0.308 e. The molecule has 0 unspecified atom stereocenters. The minimum atomic E-state index is 1.05. The summed E-state index contributed by atoms with van der Waals surface area (Å²) in [5.74, 6) is 0.